The van der Waals surface area contributed by atoms with Gasteiger partial charge >= 0.3 is 0 Å². The maximum Gasteiger partial charge on any atom is 0.287 e. The lowest BCUT2D eigenvalue weighted by atomic mass is 9.84. The minimum absolute atomic E-state index is 0.0875. The Hall–Kier alpha value is -1.33. The maximum absolute atomic E-state index is 12.8. The highest BCUT2D eigenvalue weighted by Crippen LogP contribution is 2.29. The summed E-state index contributed by atoms with van der Waals surface area (Å²) in [4.78, 5) is 15.0. The van der Waals surface area contributed by atoms with Crippen molar-refractivity contribution in [1.29, 1.82) is 0 Å². The largest absolute Gasteiger partial charge is 0.451 e. The minimum Gasteiger partial charge on any atom is -0.451 e. The molecular weight excluding hydrogens is 368 g/mol. The predicted octanol–water partition coefficient (Wildman–Crippen LogP) is 4.35. The molecule has 130 valence electrons. The Balaban J connectivity index is 1.80. The summed E-state index contributed by atoms with van der Waals surface area (Å²) in [5.41, 5.74) is 1.66. The second-order valence-electron chi connectivity index (χ2n) is 7.08. The summed E-state index contributed by atoms with van der Waals surface area (Å²) in [6.45, 7) is 2.96. The molecule has 2 atom stereocenters. The van der Waals surface area contributed by atoms with E-state index in [1.807, 2.05) is 25.1 Å². The fourth-order valence-corrected chi connectivity index (χ4v) is 4.09. The van der Waals surface area contributed by atoms with Gasteiger partial charge in [0.1, 0.15) is 5.58 Å². The monoisotopic (exact) mass is 392 g/mol. The minimum atomic E-state index is -0.0875. The van der Waals surface area contributed by atoms with Crippen molar-refractivity contribution >= 4 is 32.8 Å². The molecule has 1 amide bonds. The molecule has 0 bridgehead atoms. The topological polar surface area (TPSA) is 45.5 Å². The highest BCUT2D eigenvalue weighted by atomic mass is 79.9. The molecule has 24 heavy (non-hydrogen) atoms. The van der Waals surface area contributed by atoms with E-state index in [4.69, 9.17) is 4.42 Å². The highest BCUT2D eigenvalue weighted by Gasteiger charge is 2.28. The average molecular weight is 393 g/mol. The highest BCUT2D eigenvalue weighted by molar-refractivity contribution is 9.10. The molecule has 1 saturated carbocycles. The van der Waals surface area contributed by atoms with E-state index in [1.165, 1.54) is 19.3 Å². The Labute approximate surface area is 151 Å². The number of fused-ring (bicyclic) bond motifs is 1. The van der Waals surface area contributed by atoms with Crippen LogP contribution in [0.4, 0.5) is 0 Å². The van der Waals surface area contributed by atoms with Crippen LogP contribution in [0.3, 0.4) is 0 Å². The summed E-state index contributed by atoms with van der Waals surface area (Å²) >= 11 is 3.48. The number of halogens is 1. The first-order valence-corrected chi connectivity index (χ1v) is 9.39. The smallest absolute Gasteiger partial charge is 0.287 e. The SMILES string of the molecule is Cc1c(C(=O)NC2CCCCC2CN(C)C)oc2ccc(Br)cc12. The number of amides is 1. The lowest BCUT2D eigenvalue weighted by molar-refractivity contribution is 0.0868. The van der Waals surface area contributed by atoms with Crippen molar-refractivity contribution in [3.8, 4) is 0 Å². The molecule has 4 nitrogen and oxygen atoms in total. The lowest BCUT2D eigenvalue weighted by Gasteiger charge is -2.33. The van der Waals surface area contributed by atoms with E-state index in [9.17, 15) is 4.79 Å². The van der Waals surface area contributed by atoms with Crippen LogP contribution in [-0.4, -0.2) is 37.5 Å². The summed E-state index contributed by atoms with van der Waals surface area (Å²) < 4.78 is 6.82. The van der Waals surface area contributed by atoms with E-state index in [0.717, 1.165) is 34.0 Å². The van der Waals surface area contributed by atoms with Gasteiger partial charge in [-0.15, -0.1) is 0 Å². The molecule has 1 fully saturated rings. The molecule has 1 aliphatic rings. The van der Waals surface area contributed by atoms with E-state index in [2.05, 4.69) is 40.2 Å². The Morgan fingerprint density at radius 3 is 2.83 bits per heavy atom. The molecule has 0 saturated heterocycles. The van der Waals surface area contributed by atoms with Crippen molar-refractivity contribution < 1.29 is 9.21 Å². The zero-order valence-electron chi connectivity index (χ0n) is 14.6. The van der Waals surface area contributed by atoms with Gasteiger partial charge in [0.05, 0.1) is 0 Å². The van der Waals surface area contributed by atoms with E-state index in [1.54, 1.807) is 0 Å². The summed E-state index contributed by atoms with van der Waals surface area (Å²) in [6, 6.07) is 6.06. The summed E-state index contributed by atoms with van der Waals surface area (Å²) in [7, 11) is 4.18. The van der Waals surface area contributed by atoms with Gasteiger partial charge in [0.25, 0.3) is 5.91 Å². The third kappa shape index (κ3) is 3.67. The van der Waals surface area contributed by atoms with E-state index >= 15 is 0 Å². The maximum atomic E-state index is 12.8. The number of rotatable bonds is 4. The molecular formula is C19H25BrN2O2. The first kappa shape index (κ1) is 17.5. The summed E-state index contributed by atoms with van der Waals surface area (Å²) in [6.07, 6.45) is 4.66. The Morgan fingerprint density at radius 1 is 1.33 bits per heavy atom. The van der Waals surface area contributed by atoms with Gasteiger partial charge < -0.3 is 14.6 Å². The van der Waals surface area contributed by atoms with Gasteiger partial charge in [0.2, 0.25) is 0 Å². The molecule has 0 radical (unpaired) electrons. The van der Waals surface area contributed by atoms with Crippen LogP contribution in [0.5, 0.6) is 0 Å². The number of nitrogens with zero attached hydrogens (tertiary/aromatic N) is 1. The number of aryl methyl sites for hydroxylation is 1. The number of carbonyl (C=O) groups is 1. The normalized spacial score (nSPS) is 21.4. The van der Waals surface area contributed by atoms with Crippen molar-refractivity contribution in [3.05, 3.63) is 34.0 Å². The first-order chi connectivity index (χ1) is 11.5. The molecule has 0 aliphatic heterocycles. The second-order valence-corrected chi connectivity index (χ2v) is 8.00. The summed E-state index contributed by atoms with van der Waals surface area (Å²) in [5.74, 6) is 0.865. The number of carbonyl (C=O) groups excluding carboxylic acids is 1. The number of benzene rings is 1. The van der Waals surface area contributed by atoms with Crippen LogP contribution in [0.25, 0.3) is 11.0 Å². The van der Waals surface area contributed by atoms with Crippen LogP contribution in [0.15, 0.2) is 27.1 Å². The number of furan rings is 1. The standard InChI is InChI=1S/C19H25BrN2O2/c1-12-15-10-14(20)8-9-17(15)24-18(12)19(23)21-16-7-5-4-6-13(16)11-22(2)3/h8-10,13,16H,4-7,11H2,1-3H3,(H,21,23). The quantitative estimate of drug-likeness (QED) is 0.840. The molecule has 1 aliphatic carbocycles. The van der Waals surface area contributed by atoms with Gasteiger partial charge in [-0.1, -0.05) is 28.8 Å². The molecule has 1 heterocycles. The van der Waals surface area contributed by atoms with Crippen molar-refractivity contribution in [2.24, 2.45) is 5.92 Å². The molecule has 5 heteroatoms. The Morgan fingerprint density at radius 2 is 2.08 bits per heavy atom. The Bertz CT molecular complexity index is 738. The van der Waals surface area contributed by atoms with Gasteiger partial charge in [0, 0.05) is 28.0 Å². The zero-order valence-corrected chi connectivity index (χ0v) is 16.1. The van der Waals surface area contributed by atoms with Crippen molar-refractivity contribution in [2.75, 3.05) is 20.6 Å². The van der Waals surface area contributed by atoms with E-state index in [-0.39, 0.29) is 11.9 Å². The molecule has 1 aromatic heterocycles. The molecule has 2 aromatic rings. The van der Waals surface area contributed by atoms with Crippen molar-refractivity contribution in [3.63, 3.8) is 0 Å². The first-order valence-electron chi connectivity index (χ1n) is 8.60. The Kier molecular flexibility index (Phi) is 5.30. The molecule has 1 aromatic carbocycles. The van der Waals surface area contributed by atoms with Crippen molar-refractivity contribution in [2.45, 2.75) is 38.6 Å². The lowest BCUT2D eigenvalue weighted by Crippen LogP contribution is -2.45. The van der Waals surface area contributed by atoms with Gasteiger partial charge in [-0.3, -0.25) is 4.79 Å². The predicted molar refractivity (Wildman–Crippen MR) is 100 cm³/mol. The number of hydrogen-bond donors (Lipinski definition) is 1. The molecule has 2 unspecified atom stereocenters. The van der Waals surface area contributed by atoms with Crippen LogP contribution >= 0.6 is 15.9 Å². The van der Waals surface area contributed by atoms with Crippen LogP contribution in [0.2, 0.25) is 0 Å². The van der Waals surface area contributed by atoms with E-state index < -0.39 is 0 Å². The average Bonchev–Trinajstić information content (AvgIpc) is 2.85. The molecule has 1 N–H and O–H groups in total. The van der Waals surface area contributed by atoms with Gasteiger partial charge in [-0.25, -0.2) is 0 Å². The second kappa shape index (κ2) is 7.28. The third-order valence-electron chi connectivity index (χ3n) is 4.93. The van der Waals surface area contributed by atoms with Gasteiger partial charge in [-0.2, -0.15) is 0 Å². The third-order valence-corrected chi connectivity index (χ3v) is 5.42. The van der Waals surface area contributed by atoms with Crippen LogP contribution in [-0.2, 0) is 0 Å². The van der Waals surface area contributed by atoms with Crippen LogP contribution in [0.1, 0.15) is 41.8 Å². The zero-order chi connectivity index (χ0) is 17.3. The molecule has 3 rings (SSSR count). The number of hydrogen-bond acceptors (Lipinski definition) is 3. The van der Waals surface area contributed by atoms with E-state index in [0.29, 0.717) is 11.7 Å². The van der Waals surface area contributed by atoms with Crippen LogP contribution < -0.4 is 5.32 Å². The van der Waals surface area contributed by atoms with Crippen LogP contribution in [0, 0.1) is 12.8 Å². The number of nitrogens with one attached hydrogen (secondary N) is 1. The van der Waals surface area contributed by atoms with Gasteiger partial charge in [0.15, 0.2) is 5.76 Å². The molecule has 0 spiro atoms. The fraction of sp³-hybridized carbons (Fsp3) is 0.526. The fourth-order valence-electron chi connectivity index (χ4n) is 3.73. The van der Waals surface area contributed by atoms with Crippen molar-refractivity contribution in [1.82, 2.24) is 10.2 Å². The van der Waals surface area contributed by atoms with Gasteiger partial charge in [-0.05, 0) is 58.0 Å². The summed E-state index contributed by atoms with van der Waals surface area (Å²) in [5, 5.41) is 4.22.